The molecule has 0 aliphatic heterocycles. The van der Waals surface area contributed by atoms with Gasteiger partial charge in [0.2, 0.25) is 0 Å². The molecule has 3 nitrogen and oxygen atoms in total. The zero-order valence-electron chi connectivity index (χ0n) is 6.96. The highest BCUT2D eigenvalue weighted by Gasteiger charge is 2.07. The quantitative estimate of drug-likeness (QED) is 0.566. The van der Waals surface area contributed by atoms with E-state index >= 15 is 0 Å². The van der Waals surface area contributed by atoms with Crippen molar-refractivity contribution in [1.29, 1.82) is 0 Å². The molecule has 0 heterocycles. The van der Waals surface area contributed by atoms with Crippen molar-refractivity contribution < 1.29 is 14.6 Å². The first kappa shape index (κ1) is 9.88. The van der Waals surface area contributed by atoms with E-state index in [1.54, 1.807) is 6.92 Å². The van der Waals surface area contributed by atoms with Gasteiger partial charge in [0.15, 0.2) is 12.6 Å². The Morgan fingerprint density at radius 3 is 1.80 bits per heavy atom. The van der Waals surface area contributed by atoms with Gasteiger partial charge >= 0.3 is 0 Å². The molecule has 0 amide bonds. The first-order valence-electron chi connectivity index (χ1n) is 3.49. The molecule has 0 aromatic heterocycles. The third kappa shape index (κ3) is 6.01. The Morgan fingerprint density at radius 2 is 1.50 bits per heavy atom. The Morgan fingerprint density at radius 1 is 1.00 bits per heavy atom. The number of rotatable bonds is 4. The van der Waals surface area contributed by atoms with Gasteiger partial charge in [-0.3, -0.25) is 0 Å². The monoisotopic (exact) mass is 147 g/mol. The SMILES string of the molecule is CC(C)OC(C)OC(C)[O]. The maximum atomic E-state index is 10.4. The molecule has 10 heavy (non-hydrogen) atoms. The second kappa shape index (κ2) is 4.66. The maximum absolute atomic E-state index is 10.4. The maximum Gasteiger partial charge on any atom is 0.191 e. The van der Waals surface area contributed by atoms with Gasteiger partial charge in [0.05, 0.1) is 6.10 Å². The number of hydrogen-bond donors (Lipinski definition) is 0. The van der Waals surface area contributed by atoms with Crippen molar-refractivity contribution in [3.05, 3.63) is 0 Å². The molecule has 3 heteroatoms. The van der Waals surface area contributed by atoms with Crippen LogP contribution in [0.2, 0.25) is 0 Å². The van der Waals surface area contributed by atoms with E-state index in [1.165, 1.54) is 6.92 Å². The van der Waals surface area contributed by atoms with Crippen molar-refractivity contribution in [3.63, 3.8) is 0 Å². The van der Waals surface area contributed by atoms with Crippen LogP contribution in [0.15, 0.2) is 0 Å². The lowest BCUT2D eigenvalue weighted by molar-refractivity contribution is -0.242. The molecule has 2 unspecified atom stereocenters. The fourth-order valence-corrected chi connectivity index (χ4v) is 0.685. The van der Waals surface area contributed by atoms with E-state index in [0.717, 1.165) is 0 Å². The third-order valence-electron chi connectivity index (χ3n) is 0.847. The largest absolute Gasteiger partial charge is 0.350 e. The van der Waals surface area contributed by atoms with Crippen molar-refractivity contribution in [2.75, 3.05) is 0 Å². The van der Waals surface area contributed by atoms with Crippen LogP contribution in [0.4, 0.5) is 0 Å². The van der Waals surface area contributed by atoms with E-state index in [2.05, 4.69) is 0 Å². The standard InChI is InChI=1S/C7H15O3/c1-5(2)9-7(4)10-6(3)8/h5-7H,1-4H3. The van der Waals surface area contributed by atoms with Gasteiger partial charge in [-0.15, -0.1) is 0 Å². The summed E-state index contributed by atoms with van der Waals surface area (Å²) in [5.41, 5.74) is 0. The summed E-state index contributed by atoms with van der Waals surface area (Å²) in [5, 5.41) is 10.4. The predicted molar refractivity (Wildman–Crippen MR) is 36.9 cm³/mol. The van der Waals surface area contributed by atoms with Crippen LogP contribution >= 0.6 is 0 Å². The molecule has 1 radical (unpaired) electrons. The summed E-state index contributed by atoms with van der Waals surface area (Å²) in [7, 11) is 0. The highest BCUT2D eigenvalue weighted by atomic mass is 16.7. The lowest BCUT2D eigenvalue weighted by atomic mass is 10.5. The van der Waals surface area contributed by atoms with Crippen molar-refractivity contribution in [1.82, 2.24) is 0 Å². The van der Waals surface area contributed by atoms with Gasteiger partial charge in [-0.25, -0.2) is 5.11 Å². The second-order valence-electron chi connectivity index (χ2n) is 2.46. The molecule has 0 aliphatic rings. The lowest BCUT2D eigenvalue weighted by Gasteiger charge is -2.16. The fourth-order valence-electron chi connectivity index (χ4n) is 0.685. The Balaban J connectivity index is 3.34. The van der Waals surface area contributed by atoms with Gasteiger partial charge in [-0.1, -0.05) is 0 Å². The van der Waals surface area contributed by atoms with E-state index in [-0.39, 0.29) is 6.10 Å². The molecule has 0 spiro atoms. The minimum absolute atomic E-state index is 0.105. The molecule has 61 valence electrons. The summed E-state index contributed by atoms with van der Waals surface area (Å²) < 4.78 is 9.92. The van der Waals surface area contributed by atoms with Gasteiger partial charge in [-0.2, -0.15) is 0 Å². The van der Waals surface area contributed by atoms with Crippen LogP contribution in [-0.2, 0) is 14.6 Å². The smallest absolute Gasteiger partial charge is 0.191 e. The van der Waals surface area contributed by atoms with Gasteiger partial charge in [0.25, 0.3) is 0 Å². The Kier molecular flexibility index (Phi) is 4.60. The number of ether oxygens (including phenoxy) is 2. The second-order valence-corrected chi connectivity index (χ2v) is 2.46. The summed E-state index contributed by atoms with van der Waals surface area (Å²) in [6, 6.07) is 0. The van der Waals surface area contributed by atoms with E-state index in [0.29, 0.717) is 0 Å². The topological polar surface area (TPSA) is 38.4 Å². The van der Waals surface area contributed by atoms with E-state index in [1.807, 2.05) is 13.8 Å². The van der Waals surface area contributed by atoms with Crippen molar-refractivity contribution in [2.45, 2.75) is 46.4 Å². The van der Waals surface area contributed by atoms with Crippen LogP contribution in [0.1, 0.15) is 27.7 Å². The Hall–Kier alpha value is -0.120. The predicted octanol–water partition coefficient (Wildman–Crippen LogP) is 1.55. The Labute approximate surface area is 62.0 Å². The van der Waals surface area contributed by atoms with Gasteiger partial charge in [0.1, 0.15) is 0 Å². The summed E-state index contributed by atoms with van der Waals surface area (Å²) in [6.45, 7) is 6.96. The summed E-state index contributed by atoms with van der Waals surface area (Å²) in [6.07, 6.45) is -1.30. The average Bonchev–Trinajstić information content (AvgIpc) is 1.58. The summed E-state index contributed by atoms with van der Waals surface area (Å²) in [4.78, 5) is 0. The molecular formula is C7H15O3. The molecule has 0 aliphatic carbocycles. The zero-order valence-corrected chi connectivity index (χ0v) is 6.96. The average molecular weight is 147 g/mol. The van der Waals surface area contributed by atoms with Crippen LogP contribution in [0, 0.1) is 0 Å². The van der Waals surface area contributed by atoms with Crippen LogP contribution in [0.3, 0.4) is 0 Å². The molecule has 0 aromatic rings. The summed E-state index contributed by atoms with van der Waals surface area (Å²) in [5.74, 6) is 0. The third-order valence-corrected chi connectivity index (χ3v) is 0.847. The molecule has 0 saturated heterocycles. The molecule has 0 N–H and O–H groups in total. The van der Waals surface area contributed by atoms with Crippen LogP contribution in [0.25, 0.3) is 0 Å². The van der Waals surface area contributed by atoms with Crippen LogP contribution in [0.5, 0.6) is 0 Å². The van der Waals surface area contributed by atoms with Crippen LogP contribution in [-0.4, -0.2) is 18.7 Å². The molecule has 0 fully saturated rings. The minimum atomic E-state index is -1.01. The first-order chi connectivity index (χ1) is 4.52. The zero-order chi connectivity index (χ0) is 8.15. The Bertz CT molecular complexity index is 70.9. The number of hydrogen-bond acceptors (Lipinski definition) is 2. The van der Waals surface area contributed by atoms with Gasteiger partial charge < -0.3 is 9.47 Å². The van der Waals surface area contributed by atoms with Crippen molar-refractivity contribution in [2.24, 2.45) is 0 Å². The molecular weight excluding hydrogens is 132 g/mol. The minimum Gasteiger partial charge on any atom is -0.350 e. The van der Waals surface area contributed by atoms with Crippen molar-refractivity contribution >= 4 is 0 Å². The van der Waals surface area contributed by atoms with E-state index < -0.39 is 12.6 Å². The fraction of sp³-hybridized carbons (Fsp3) is 1.00. The normalized spacial score (nSPS) is 17.4. The van der Waals surface area contributed by atoms with Crippen molar-refractivity contribution in [3.8, 4) is 0 Å². The molecule has 0 saturated carbocycles. The molecule has 0 bridgehead atoms. The molecule has 2 atom stereocenters. The highest BCUT2D eigenvalue weighted by Crippen LogP contribution is 2.00. The van der Waals surface area contributed by atoms with Crippen LogP contribution < -0.4 is 0 Å². The molecule has 0 rings (SSSR count). The van der Waals surface area contributed by atoms with E-state index in [9.17, 15) is 5.11 Å². The first-order valence-corrected chi connectivity index (χ1v) is 3.49. The van der Waals surface area contributed by atoms with E-state index in [4.69, 9.17) is 9.47 Å². The van der Waals surface area contributed by atoms with Gasteiger partial charge in [0, 0.05) is 0 Å². The van der Waals surface area contributed by atoms with Gasteiger partial charge in [-0.05, 0) is 27.7 Å². The summed E-state index contributed by atoms with van der Waals surface area (Å²) >= 11 is 0. The molecule has 0 aromatic carbocycles. The lowest BCUT2D eigenvalue weighted by Crippen LogP contribution is -2.21. The highest BCUT2D eigenvalue weighted by molar-refractivity contribution is 4.38.